The van der Waals surface area contributed by atoms with E-state index < -0.39 is 0 Å². The van der Waals surface area contributed by atoms with E-state index in [0.29, 0.717) is 15.2 Å². The second kappa shape index (κ2) is 7.25. The van der Waals surface area contributed by atoms with Crippen LogP contribution in [0.25, 0.3) is 0 Å². The highest BCUT2D eigenvalue weighted by molar-refractivity contribution is 9.10. The lowest BCUT2D eigenvalue weighted by Gasteiger charge is -2.22. The van der Waals surface area contributed by atoms with Crippen LogP contribution < -0.4 is 10.1 Å². The Balaban J connectivity index is 2.55. The molecule has 5 heteroatoms. The first-order valence-electron chi connectivity index (χ1n) is 6.58. The molecule has 2 aromatic carbocycles. The number of methoxy groups -OCH3 is 1. The highest BCUT2D eigenvalue weighted by atomic mass is 79.9. The largest absolute Gasteiger partial charge is 0.496 e. The van der Waals surface area contributed by atoms with E-state index in [-0.39, 0.29) is 11.9 Å². The number of halogens is 3. The molecule has 0 saturated carbocycles. The normalized spacial score (nSPS) is 12.2. The van der Waals surface area contributed by atoms with E-state index in [4.69, 9.17) is 16.3 Å². The molecule has 0 spiro atoms. The van der Waals surface area contributed by atoms with Crippen molar-refractivity contribution in [3.63, 3.8) is 0 Å². The molecule has 0 aliphatic carbocycles. The zero-order valence-electron chi connectivity index (χ0n) is 11.8. The molecule has 0 radical (unpaired) electrons. The summed E-state index contributed by atoms with van der Waals surface area (Å²) >= 11 is 9.31. The summed E-state index contributed by atoms with van der Waals surface area (Å²) in [6.07, 6.45) is 0. The average Bonchev–Trinajstić information content (AvgIpc) is 2.47. The van der Waals surface area contributed by atoms with Crippen LogP contribution in [0, 0.1) is 5.82 Å². The van der Waals surface area contributed by atoms with Gasteiger partial charge in [0, 0.05) is 16.7 Å². The van der Waals surface area contributed by atoms with E-state index in [1.54, 1.807) is 6.07 Å². The van der Waals surface area contributed by atoms with Gasteiger partial charge < -0.3 is 10.1 Å². The minimum absolute atomic E-state index is 0.124. The summed E-state index contributed by atoms with van der Waals surface area (Å²) in [5, 5.41) is 4.04. The summed E-state index contributed by atoms with van der Waals surface area (Å²) in [7, 11) is 1.53. The predicted octanol–water partition coefficient (Wildman–Crippen LogP) is 4.95. The second-order valence-corrected chi connectivity index (χ2v) is 5.84. The van der Waals surface area contributed by atoms with Gasteiger partial charge in [-0.3, -0.25) is 0 Å². The number of ether oxygens (including phenoxy) is 1. The summed E-state index contributed by atoms with van der Waals surface area (Å²) in [6, 6.07) is 10.6. The fraction of sp³-hybridized carbons (Fsp3) is 0.250. The Kier molecular flexibility index (Phi) is 5.62. The molecule has 0 aliphatic heterocycles. The molecule has 0 fully saturated rings. The van der Waals surface area contributed by atoms with Crippen molar-refractivity contribution in [2.45, 2.75) is 13.0 Å². The Hall–Kier alpha value is -1.10. The van der Waals surface area contributed by atoms with Crippen LogP contribution >= 0.6 is 27.5 Å². The minimum Gasteiger partial charge on any atom is -0.496 e. The van der Waals surface area contributed by atoms with E-state index >= 15 is 0 Å². The molecule has 0 bridgehead atoms. The summed E-state index contributed by atoms with van der Waals surface area (Å²) < 4.78 is 19.4. The van der Waals surface area contributed by atoms with E-state index in [9.17, 15) is 4.39 Å². The molecule has 0 amide bonds. The van der Waals surface area contributed by atoms with Crippen LogP contribution in [-0.4, -0.2) is 13.7 Å². The summed E-state index contributed by atoms with van der Waals surface area (Å²) in [5.74, 6) is 0.151. The first-order valence-corrected chi connectivity index (χ1v) is 7.75. The molecule has 1 atom stereocenters. The number of nitrogens with one attached hydrogen (secondary N) is 1. The van der Waals surface area contributed by atoms with Crippen molar-refractivity contribution >= 4 is 27.5 Å². The van der Waals surface area contributed by atoms with Crippen molar-refractivity contribution < 1.29 is 9.13 Å². The Morgan fingerprint density at radius 1 is 1.33 bits per heavy atom. The molecule has 1 unspecified atom stereocenters. The van der Waals surface area contributed by atoms with Crippen LogP contribution in [0.15, 0.2) is 40.9 Å². The van der Waals surface area contributed by atoms with Crippen molar-refractivity contribution in [2.24, 2.45) is 0 Å². The van der Waals surface area contributed by atoms with Gasteiger partial charge in [-0.2, -0.15) is 0 Å². The Labute approximate surface area is 137 Å². The van der Waals surface area contributed by atoms with E-state index in [1.807, 2.05) is 31.2 Å². The van der Waals surface area contributed by atoms with Crippen LogP contribution in [0.4, 0.5) is 4.39 Å². The van der Waals surface area contributed by atoms with Crippen molar-refractivity contribution in [2.75, 3.05) is 13.7 Å². The summed E-state index contributed by atoms with van der Waals surface area (Å²) in [4.78, 5) is 0. The van der Waals surface area contributed by atoms with Gasteiger partial charge in [0.25, 0.3) is 0 Å². The Morgan fingerprint density at radius 2 is 2.10 bits per heavy atom. The summed E-state index contributed by atoms with van der Waals surface area (Å²) in [5.41, 5.74) is 1.86. The first-order chi connectivity index (χ1) is 10.1. The number of hydrogen-bond acceptors (Lipinski definition) is 2. The van der Waals surface area contributed by atoms with Gasteiger partial charge in [0.2, 0.25) is 0 Å². The molecule has 0 aromatic heterocycles. The smallest absolute Gasteiger partial charge is 0.141 e. The van der Waals surface area contributed by atoms with Crippen LogP contribution in [0.3, 0.4) is 0 Å². The van der Waals surface area contributed by atoms with Gasteiger partial charge in [-0.15, -0.1) is 0 Å². The van der Waals surface area contributed by atoms with Crippen molar-refractivity contribution in [1.82, 2.24) is 5.32 Å². The maximum absolute atomic E-state index is 13.7. The number of benzene rings is 2. The molecule has 2 nitrogen and oxygen atoms in total. The monoisotopic (exact) mass is 371 g/mol. The predicted molar refractivity (Wildman–Crippen MR) is 87.6 cm³/mol. The van der Waals surface area contributed by atoms with Gasteiger partial charge in [0.05, 0.1) is 17.6 Å². The number of rotatable bonds is 5. The minimum atomic E-state index is -0.350. The van der Waals surface area contributed by atoms with E-state index in [0.717, 1.165) is 17.7 Å². The lowest BCUT2D eigenvalue weighted by Crippen LogP contribution is -2.22. The fourth-order valence-corrected chi connectivity index (χ4v) is 2.80. The maximum Gasteiger partial charge on any atom is 0.141 e. The van der Waals surface area contributed by atoms with Gasteiger partial charge in [0.1, 0.15) is 11.6 Å². The number of hydrogen-bond donors (Lipinski definition) is 1. The van der Waals surface area contributed by atoms with Gasteiger partial charge >= 0.3 is 0 Å². The van der Waals surface area contributed by atoms with Gasteiger partial charge in [-0.25, -0.2) is 4.39 Å². The third kappa shape index (κ3) is 3.76. The molecule has 1 N–H and O–H groups in total. The van der Waals surface area contributed by atoms with Crippen LogP contribution in [0.1, 0.15) is 24.1 Å². The van der Waals surface area contributed by atoms with Crippen molar-refractivity contribution in [1.29, 1.82) is 0 Å². The first kappa shape index (κ1) is 16.3. The topological polar surface area (TPSA) is 21.3 Å². The van der Waals surface area contributed by atoms with Crippen LogP contribution in [0.5, 0.6) is 5.75 Å². The molecule has 0 aliphatic rings. The quantitative estimate of drug-likeness (QED) is 0.802. The highest BCUT2D eigenvalue weighted by Gasteiger charge is 2.20. The SMILES string of the molecule is CCNC(c1cccc(Cl)c1)c1cc(Br)c(F)cc1OC. The lowest BCUT2D eigenvalue weighted by molar-refractivity contribution is 0.400. The van der Waals surface area contributed by atoms with Crippen LogP contribution in [-0.2, 0) is 0 Å². The molecule has 21 heavy (non-hydrogen) atoms. The van der Waals surface area contributed by atoms with Gasteiger partial charge in [-0.05, 0) is 46.2 Å². The maximum atomic E-state index is 13.7. The Bertz CT molecular complexity index is 636. The molecular weight excluding hydrogens is 357 g/mol. The van der Waals surface area contributed by atoms with Crippen molar-refractivity contribution in [3.8, 4) is 5.75 Å². The third-order valence-electron chi connectivity index (χ3n) is 3.17. The van der Waals surface area contributed by atoms with Gasteiger partial charge in [-0.1, -0.05) is 30.7 Å². The second-order valence-electron chi connectivity index (χ2n) is 4.55. The van der Waals surface area contributed by atoms with E-state index in [2.05, 4.69) is 21.2 Å². The lowest BCUT2D eigenvalue weighted by atomic mass is 9.97. The zero-order chi connectivity index (χ0) is 15.4. The third-order valence-corrected chi connectivity index (χ3v) is 4.02. The fourth-order valence-electron chi connectivity index (χ4n) is 2.24. The molecule has 0 saturated heterocycles. The van der Waals surface area contributed by atoms with Crippen molar-refractivity contribution in [3.05, 3.63) is 62.8 Å². The highest BCUT2D eigenvalue weighted by Crippen LogP contribution is 2.34. The van der Waals surface area contributed by atoms with Crippen LogP contribution in [0.2, 0.25) is 5.02 Å². The molecular formula is C16H16BrClFNO. The zero-order valence-corrected chi connectivity index (χ0v) is 14.1. The standard InChI is InChI=1S/C16H16BrClFNO/c1-3-20-16(10-5-4-6-11(18)7-10)12-8-13(17)14(19)9-15(12)21-2/h4-9,16,20H,3H2,1-2H3. The Morgan fingerprint density at radius 3 is 2.71 bits per heavy atom. The average molecular weight is 373 g/mol. The summed E-state index contributed by atoms with van der Waals surface area (Å²) in [6.45, 7) is 2.78. The molecule has 0 heterocycles. The molecule has 112 valence electrons. The molecule has 2 aromatic rings. The van der Waals surface area contributed by atoms with E-state index in [1.165, 1.54) is 13.2 Å². The van der Waals surface area contributed by atoms with Gasteiger partial charge in [0.15, 0.2) is 0 Å². The molecule has 2 rings (SSSR count).